The standard InChI is InChI=1S/C18H21NO/c1-5-18(15-8-12-17(20-4)13-9-15)14-6-10-16(11-7-14)19(2)3/h5-13H,1-4H3. The monoisotopic (exact) mass is 267 g/mol. The van der Waals surface area contributed by atoms with Crippen molar-refractivity contribution in [1.29, 1.82) is 0 Å². The van der Waals surface area contributed by atoms with Crippen LogP contribution in [-0.2, 0) is 0 Å². The Morgan fingerprint density at radius 1 is 0.900 bits per heavy atom. The molecule has 0 unspecified atom stereocenters. The lowest BCUT2D eigenvalue weighted by Gasteiger charge is -2.14. The van der Waals surface area contributed by atoms with Crippen molar-refractivity contribution in [2.75, 3.05) is 26.1 Å². The number of allylic oxidation sites excluding steroid dienone is 1. The van der Waals surface area contributed by atoms with Crippen LogP contribution in [0.1, 0.15) is 18.1 Å². The van der Waals surface area contributed by atoms with Gasteiger partial charge in [-0.25, -0.2) is 0 Å². The highest BCUT2D eigenvalue weighted by Gasteiger charge is 2.05. The summed E-state index contributed by atoms with van der Waals surface area (Å²) in [6, 6.07) is 16.8. The first-order chi connectivity index (χ1) is 9.65. The van der Waals surface area contributed by atoms with E-state index in [1.165, 1.54) is 22.4 Å². The highest BCUT2D eigenvalue weighted by molar-refractivity contribution is 5.80. The molecule has 0 aromatic heterocycles. The zero-order chi connectivity index (χ0) is 14.5. The van der Waals surface area contributed by atoms with Crippen LogP contribution in [0.4, 0.5) is 5.69 Å². The van der Waals surface area contributed by atoms with E-state index in [9.17, 15) is 0 Å². The molecule has 0 N–H and O–H groups in total. The topological polar surface area (TPSA) is 12.5 Å². The first-order valence-electron chi connectivity index (χ1n) is 6.74. The van der Waals surface area contributed by atoms with E-state index in [2.05, 4.69) is 68.4 Å². The summed E-state index contributed by atoms with van der Waals surface area (Å²) in [4.78, 5) is 2.10. The Balaban J connectivity index is 2.32. The van der Waals surface area contributed by atoms with E-state index in [-0.39, 0.29) is 0 Å². The smallest absolute Gasteiger partial charge is 0.118 e. The molecule has 0 aliphatic heterocycles. The third-order valence-electron chi connectivity index (χ3n) is 3.38. The summed E-state index contributed by atoms with van der Waals surface area (Å²) in [6.07, 6.45) is 2.15. The lowest BCUT2D eigenvalue weighted by atomic mass is 9.97. The Morgan fingerprint density at radius 2 is 1.40 bits per heavy atom. The fraction of sp³-hybridized carbons (Fsp3) is 0.222. The average molecular weight is 267 g/mol. The molecule has 2 nitrogen and oxygen atoms in total. The van der Waals surface area contributed by atoms with Crippen molar-refractivity contribution < 1.29 is 4.74 Å². The molecule has 0 atom stereocenters. The third-order valence-corrected chi connectivity index (χ3v) is 3.38. The molecule has 2 aromatic carbocycles. The second kappa shape index (κ2) is 6.29. The van der Waals surface area contributed by atoms with E-state index in [1.54, 1.807) is 7.11 Å². The molecule has 0 saturated carbocycles. The predicted molar refractivity (Wildman–Crippen MR) is 86.5 cm³/mol. The van der Waals surface area contributed by atoms with E-state index in [0.717, 1.165) is 5.75 Å². The largest absolute Gasteiger partial charge is 0.497 e. The molecule has 0 aliphatic rings. The molecule has 20 heavy (non-hydrogen) atoms. The number of anilines is 1. The number of nitrogens with zero attached hydrogens (tertiary/aromatic N) is 1. The fourth-order valence-electron chi connectivity index (χ4n) is 2.21. The van der Waals surface area contributed by atoms with Crippen LogP contribution in [0.3, 0.4) is 0 Å². The van der Waals surface area contributed by atoms with Crippen molar-refractivity contribution in [1.82, 2.24) is 0 Å². The predicted octanol–water partition coefficient (Wildman–Crippen LogP) is 4.21. The molecule has 0 fully saturated rings. The van der Waals surface area contributed by atoms with E-state index in [4.69, 9.17) is 4.74 Å². The number of methoxy groups -OCH3 is 1. The first kappa shape index (κ1) is 14.2. The Kier molecular flexibility index (Phi) is 4.46. The van der Waals surface area contributed by atoms with Gasteiger partial charge in [0.25, 0.3) is 0 Å². The van der Waals surface area contributed by atoms with Gasteiger partial charge in [-0.3, -0.25) is 0 Å². The Morgan fingerprint density at radius 3 is 1.80 bits per heavy atom. The first-order valence-corrected chi connectivity index (χ1v) is 6.74. The molecular formula is C18H21NO. The summed E-state index contributed by atoms with van der Waals surface area (Å²) in [7, 11) is 5.79. The van der Waals surface area contributed by atoms with Gasteiger partial charge < -0.3 is 9.64 Å². The summed E-state index contributed by atoms with van der Waals surface area (Å²) in [5, 5.41) is 0. The molecule has 2 rings (SSSR count). The van der Waals surface area contributed by atoms with Crippen molar-refractivity contribution in [2.24, 2.45) is 0 Å². The van der Waals surface area contributed by atoms with Crippen LogP contribution in [0.25, 0.3) is 5.57 Å². The van der Waals surface area contributed by atoms with Crippen LogP contribution in [0.2, 0.25) is 0 Å². The SMILES string of the molecule is CC=C(c1ccc(OC)cc1)c1ccc(N(C)C)cc1. The quantitative estimate of drug-likeness (QED) is 0.822. The maximum atomic E-state index is 5.21. The lowest BCUT2D eigenvalue weighted by molar-refractivity contribution is 0.415. The van der Waals surface area contributed by atoms with Gasteiger partial charge in [0.2, 0.25) is 0 Å². The van der Waals surface area contributed by atoms with Crippen molar-refractivity contribution in [3.63, 3.8) is 0 Å². The van der Waals surface area contributed by atoms with Crippen molar-refractivity contribution in [2.45, 2.75) is 6.92 Å². The number of rotatable bonds is 4. The van der Waals surface area contributed by atoms with Crippen molar-refractivity contribution in [3.05, 3.63) is 65.7 Å². The summed E-state index contributed by atoms with van der Waals surface area (Å²) >= 11 is 0. The Hall–Kier alpha value is -2.22. The van der Waals surface area contributed by atoms with Crippen LogP contribution < -0.4 is 9.64 Å². The van der Waals surface area contributed by atoms with Crippen LogP contribution in [-0.4, -0.2) is 21.2 Å². The zero-order valence-corrected chi connectivity index (χ0v) is 12.6. The Labute approximate surface area is 121 Å². The summed E-state index contributed by atoms with van der Waals surface area (Å²) < 4.78 is 5.21. The van der Waals surface area contributed by atoms with Gasteiger partial charge in [0, 0.05) is 19.8 Å². The molecule has 0 amide bonds. The molecule has 0 radical (unpaired) electrons. The molecule has 0 bridgehead atoms. The van der Waals surface area contributed by atoms with E-state index >= 15 is 0 Å². The number of ether oxygens (including phenoxy) is 1. The zero-order valence-electron chi connectivity index (χ0n) is 12.6. The Bertz CT molecular complexity index is 580. The fourth-order valence-corrected chi connectivity index (χ4v) is 2.21. The third kappa shape index (κ3) is 3.02. The molecule has 0 spiro atoms. The van der Waals surface area contributed by atoms with Gasteiger partial charge in [0.1, 0.15) is 5.75 Å². The number of hydrogen-bond donors (Lipinski definition) is 0. The van der Waals surface area contributed by atoms with Gasteiger partial charge in [-0.1, -0.05) is 30.3 Å². The van der Waals surface area contributed by atoms with Crippen molar-refractivity contribution in [3.8, 4) is 5.75 Å². The van der Waals surface area contributed by atoms with Crippen LogP contribution in [0.5, 0.6) is 5.75 Å². The summed E-state index contributed by atoms with van der Waals surface area (Å²) in [6.45, 7) is 2.07. The van der Waals surface area contributed by atoms with Crippen molar-refractivity contribution >= 4 is 11.3 Å². The molecule has 2 heteroatoms. The molecule has 0 saturated heterocycles. The maximum Gasteiger partial charge on any atom is 0.118 e. The van der Waals surface area contributed by atoms with Crippen LogP contribution >= 0.6 is 0 Å². The molecule has 0 heterocycles. The van der Waals surface area contributed by atoms with Gasteiger partial charge in [0.15, 0.2) is 0 Å². The minimum absolute atomic E-state index is 0.882. The minimum Gasteiger partial charge on any atom is -0.497 e. The number of benzene rings is 2. The highest BCUT2D eigenvalue weighted by Crippen LogP contribution is 2.26. The molecular weight excluding hydrogens is 246 g/mol. The van der Waals surface area contributed by atoms with Gasteiger partial charge in [-0.2, -0.15) is 0 Å². The second-order valence-electron chi connectivity index (χ2n) is 4.87. The summed E-state index contributed by atoms with van der Waals surface area (Å²) in [5.74, 6) is 0.882. The van der Waals surface area contributed by atoms with Gasteiger partial charge in [-0.05, 0) is 47.9 Å². The molecule has 0 aliphatic carbocycles. The van der Waals surface area contributed by atoms with Gasteiger partial charge in [0.05, 0.1) is 7.11 Å². The normalized spacial score (nSPS) is 11.3. The van der Waals surface area contributed by atoms with E-state index in [1.807, 2.05) is 12.1 Å². The van der Waals surface area contributed by atoms with E-state index in [0.29, 0.717) is 0 Å². The number of hydrogen-bond acceptors (Lipinski definition) is 2. The van der Waals surface area contributed by atoms with Gasteiger partial charge >= 0.3 is 0 Å². The van der Waals surface area contributed by atoms with Gasteiger partial charge in [-0.15, -0.1) is 0 Å². The lowest BCUT2D eigenvalue weighted by Crippen LogP contribution is -2.08. The minimum atomic E-state index is 0.882. The highest BCUT2D eigenvalue weighted by atomic mass is 16.5. The second-order valence-corrected chi connectivity index (χ2v) is 4.87. The van der Waals surface area contributed by atoms with Crippen LogP contribution in [0, 0.1) is 0 Å². The maximum absolute atomic E-state index is 5.21. The summed E-state index contributed by atoms with van der Waals surface area (Å²) in [5.41, 5.74) is 4.87. The molecule has 2 aromatic rings. The van der Waals surface area contributed by atoms with Crippen LogP contribution in [0.15, 0.2) is 54.6 Å². The molecule has 104 valence electrons. The van der Waals surface area contributed by atoms with E-state index < -0.39 is 0 Å². The average Bonchev–Trinajstić information content (AvgIpc) is 2.49.